The smallest absolute Gasteiger partial charge is 0.227 e. The van der Waals surface area contributed by atoms with Crippen molar-refractivity contribution in [3.63, 3.8) is 0 Å². The molecule has 45 heavy (non-hydrogen) atoms. The molecule has 6 aromatic carbocycles. The Hall–Kier alpha value is -6.20. The molecule has 0 bridgehead atoms. The summed E-state index contributed by atoms with van der Waals surface area (Å²) >= 11 is 0. The molecule has 0 fully saturated rings. The van der Waals surface area contributed by atoms with Crippen LogP contribution >= 0.6 is 0 Å². The fourth-order valence-electron chi connectivity index (χ4n) is 5.44. The van der Waals surface area contributed by atoms with Crippen molar-refractivity contribution >= 4 is 11.1 Å². The van der Waals surface area contributed by atoms with Crippen LogP contribution in [0.2, 0.25) is 0 Å². The van der Waals surface area contributed by atoms with Gasteiger partial charge in [-0.1, -0.05) is 127 Å². The van der Waals surface area contributed by atoms with Gasteiger partial charge < -0.3 is 4.42 Å². The molecule has 0 aliphatic rings. The highest BCUT2D eigenvalue weighted by molar-refractivity contribution is 5.83. The van der Waals surface area contributed by atoms with Crippen LogP contribution in [0.15, 0.2) is 162 Å². The van der Waals surface area contributed by atoms with Crippen molar-refractivity contribution in [1.82, 2.24) is 19.9 Å². The maximum absolute atomic E-state index is 6.04. The minimum atomic E-state index is 0.611. The zero-order valence-electron chi connectivity index (χ0n) is 24.2. The maximum atomic E-state index is 6.04. The lowest BCUT2D eigenvalue weighted by Crippen LogP contribution is -2.00. The summed E-state index contributed by atoms with van der Waals surface area (Å²) in [6.45, 7) is 0. The van der Waals surface area contributed by atoms with Gasteiger partial charge in [0.25, 0.3) is 0 Å². The summed E-state index contributed by atoms with van der Waals surface area (Å²) in [7, 11) is 0. The van der Waals surface area contributed by atoms with Gasteiger partial charge in [-0.2, -0.15) is 0 Å². The molecule has 0 aliphatic heterocycles. The Labute approximate surface area is 260 Å². The van der Waals surface area contributed by atoms with Gasteiger partial charge in [-0.3, -0.25) is 0 Å². The number of benzene rings is 6. The first-order chi connectivity index (χ1) is 22.3. The molecule has 2 aromatic heterocycles. The molecule has 0 amide bonds. The van der Waals surface area contributed by atoms with E-state index in [4.69, 9.17) is 24.4 Å². The fraction of sp³-hybridized carbons (Fsp3) is 0. The maximum Gasteiger partial charge on any atom is 0.227 e. The quantitative estimate of drug-likeness (QED) is 0.196. The first-order valence-electron chi connectivity index (χ1n) is 14.8. The van der Waals surface area contributed by atoms with Crippen LogP contribution in [-0.2, 0) is 0 Å². The molecule has 0 N–H and O–H groups in total. The second-order valence-electron chi connectivity index (χ2n) is 10.8. The van der Waals surface area contributed by atoms with Gasteiger partial charge in [0.05, 0.1) is 0 Å². The Balaban J connectivity index is 1.18. The Morgan fingerprint density at radius 3 is 1.42 bits per heavy atom. The summed E-state index contributed by atoms with van der Waals surface area (Å²) in [6.07, 6.45) is 0. The first-order valence-corrected chi connectivity index (χ1v) is 14.8. The highest BCUT2D eigenvalue weighted by Gasteiger charge is 2.14. The van der Waals surface area contributed by atoms with Crippen LogP contribution in [0.1, 0.15) is 0 Å². The van der Waals surface area contributed by atoms with Crippen LogP contribution in [0.5, 0.6) is 0 Å². The number of oxazole rings is 1. The van der Waals surface area contributed by atoms with Crippen LogP contribution in [0.25, 0.3) is 79.0 Å². The van der Waals surface area contributed by atoms with Gasteiger partial charge in [-0.25, -0.2) is 19.9 Å². The molecule has 212 valence electrons. The standard InChI is InChI=1S/C40H26N4O/c1-4-11-27(12-5-1)28-19-21-30(22-20-28)38-42-37(29-13-6-2-7-14-29)43-39(44-38)34-18-10-17-32(25-34)33-23-24-36-35(26-33)41-40(45-36)31-15-8-3-9-16-31/h1-26H. The van der Waals surface area contributed by atoms with E-state index in [1.54, 1.807) is 0 Å². The number of hydrogen-bond acceptors (Lipinski definition) is 5. The molecule has 0 spiro atoms. The summed E-state index contributed by atoms with van der Waals surface area (Å²) in [5.74, 6) is 2.48. The molecule has 0 unspecified atom stereocenters. The lowest BCUT2D eigenvalue weighted by molar-refractivity contribution is 0.620. The largest absolute Gasteiger partial charge is 0.436 e. The van der Waals surface area contributed by atoms with E-state index in [0.717, 1.165) is 50.0 Å². The van der Waals surface area contributed by atoms with Crippen molar-refractivity contribution in [1.29, 1.82) is 0 Å². The highest BCUT2D eigenvalue weighted by atomic mass is 16.3. The molecular weight excluding hydrogens is 552 g/mol. The molecular formula is C40H26N4O. The van der Waals surface area contributed by atoms with E-state index in [-0.39, 0.29) is 0 Å². The van der Waals surface area contributed by atoms with Gasteiger partial charge in [-0.05, 0) is 52.6 Å². The van der Waals surface area contributed by atoms with Crippen molar-refractivity contribution < 1.29 is 4.42 Å². The Kier molecular flexibility index (Phi) is 6.74. The topological polar surface area (TPSA) is 64.7 Å². The predicted octanol–water partition coefficient (Wildman–Crippen LogP) is 10.0. The number of rotatable bonds is 6. The van der Waals surface area contributed by atoms with Crippen LogP contribution in [0.3, 0.4) is 0 Å². The lowest BCUT2D eigenvalue weighted by Gasteiger charge is -2.10. The number of fused-ring (bicyclic) bond motifs is 1. The molecule has 0 aliphatic carbocycles. The Morgan fingerprint density at radius 1 is 0.311 bits per heavy atom. The molecule has 8 rings (SSSR count). The summed E-state index contributed by atoms with van der Waals surface area (Å²) < 4.78 is 6.04. The first kappa shape index (κ1) is 26.4. The van der Waals surface area contributed by atoms with E-state index in [9.17, 15) is 0 Å². The van der Waals surface area contributed by atoms with Crippen molar-refractivity contribution in [2.45, 2.75) is 0 Å². The van der Waals surface area contributed by atoms with Gasteiger partial charge >= 0.3 is 0 Å². The van der Waals surface area contributed by atoms with Crippen LogP contribution in [0, 0.1) is 0 Å². The van der Waals surface area contributed by atoms with E-state index in [1.165, 1.54) is 5.56 Å². The number of aromatic nitrogens is 4. The van der Waals surface area contributed by atoms with Crippen molar-refractivity contribution in [3.05, 3.63) is 158 Å². The minimum Gasteiger partial charge on any atom is -0.436 e. The van der Waals surface area contributed by atoms with Crippen molar-refractivity contribution in [2.75, 3.05) is 0 Å². The number of hydrogen-bond donors (Lipinski definition) is 0. The third-order valence-corrected chi connectivity index (χ3v) is 7.78. The second kappa shape index (κ2) is 11.5. The van der Waals surface area contributed by atoms with Gasteiger partial charge in [0, 0.05) is 22.3 Å². The Morgan fingerprint density at radius 2 is 0.756 bits per heavy atom. The zero-order valence-corrected chi connectivity index (χ0v) is 24.2. The molecule has 8 aromatic rings. The molecule has 0 atom stereocenters. The Bertz CT molecular complexity index is 2250. The van der Waals surface area contributed by atoms with Gasteiger partial charge in [0.15, 0.2) is 23.1 Å². The van der Waals surface area contributed by atoms with E-state index >= 15 is 0 Å². The molecule has 2 heterocycles. The third kappa shape index (κ3) is 5.39. The summed E-state index contributed by atoms with van der Waals surface area (Å²) in [5, 5.41) is 0. The fourth-order valence-corrected chi connectivity index (χ4v) is 5.44. The number of nitrogens with zero attached hydrogens (tertiary/aromatic N) is 4. The monoisotopic (exact) mass is 578 g/mol. The van der Waals surface area contributed by atoms with Gasteiger partial charge in [0.2, 0.25) is 5.89 Å². The third-order valence-electron chi connectivity index (χ3n) is 7.78. The lowest BCUT2D eigenvalue weighted by atomic mass is 10.0. The van der Waals surface area contributed by atoms with E-state index in [0.29, 0.717) is 23.4 Å². The highest BCUT2D eigenvalue weighted by Crippen LogP contribution is 2.32. The van der Waals surface area contributed by atoms with E-state index in [1.807, 2.05) is 97.1 Å². The van der Waals surface area contributed by atoms with Gasteiger partial charge in [0.1, 0.15) is 5.52 Å². The average molecular weight is 579 g/mol. The molecule has 0 saturated heterocycles. The predicted molar refractivity (Wildman–Crippen MR) is 180 cm³/mol. The normalized spacial score (nSPS) is 11.1. The average Bonchev–Trinajstić information content (AvgIpc) is 3.57. The zero-order chi connectivity index (χ0) is 30.0. The van der Waals surface area contributed by atoms with E-state index < -0.39 is 0 Å². The minimum absolute atomic E-state index is 0.611. The van der Waals surface area contributed by atoms with Gasteiger partial charge in [-0.15, -0.1) is 0 Å². The molecule has 5 heteroatoms. The SMILES string of the molecule is c1ccc(-c2ccc(-c3nc(-c4ccccc4)nc(-c4cccc(-c5ccc6oc(-c7ccccc7)nc6c5)c4)n3)cc2)cc1. The van der Waals surface area contributed by atoms with Crippen molar-refractivity contribution in [2.24, 2.45) is 0 Å². The van der Waals surface area contributed by atoms with Crippen LogP contribution in [-0.4, -0.2) is 19.9 Å². The second-order valence-corrected chi connectivity index (χ2v) is 10.8. The summed E-state index contributed by atoms with van der Waals surface area (Å²) in [4.78, 5) is 19.6. The van der Waals surface area contributed by atoms with Crippen LogP contribution in [0.4, 0.5) is 0 Å². The molecule has 0 radical (unpaired) electrons. The molecule has 5 nitrogen and oxygen atoms in total. The summed E-state index contributed by atoms with van der Waals surface area (Å²) in [5.41, 5.74) is 9.66. The van der Waals surface area contributed by atoms with Crippen LogP contribution < -0.4 is 0 Å². The van der Waals surface area contributed by atoms with Crippen molar-refractivity contribution in [3.8, 4) is 67.9 Å². The molecule has 0 saturated carbocycles. The van der Waals surface area contributed by atoms with E-state index in [2.05, 4.69) is 60.7 Å². The summed E-state index contributed by atoms with van der Waals surface area (Å²) in [6, 6.07) is 53.1.